The van der Waals surface area contributed by atoms with Gasteiger partial charge in [0.1, 0.15) is 7.14 Å². The summed E-state index contributed by atoms with van der Waals surface area (Å²) >= 11 is 0. The van der Waals surface area contributed by atoms with E-state index in [1.54, 1.807) is 0 Å². The zero-order valence-electron chi connectivity index (χ0n) is 17.7. The highest BCUT2D eigenvalue weighted by Gasteiger charge is 2.36. The number of allylic oxidation sites excluding steroid dienone is 1. The van der Waals surface area contributed by atoms with Crippen molar-refractivity contribution in [1.82, 2.24) is 0 Å². The molecule has 0 fully saturated rings. The van der Waals surface area contributed by atoms with E-state index in [2.05, 4.69) is 0 Å². The first-order valence-corrected chi connectivity index (χ1v) is 12.5. The van der Waals surface area contributed by atoms with Crippen molar-refractivity contribution in [2.24, 2.45) is 0 Å². The molecule has 0 saturated carbocycles. The quantitative estimate of drug-likeness (QED) is 0.238. The Labute approximate surface area is 189 Å². The second-order valence-corrected chi connectivity index (χ2v) is 10.7. The summed E-state index contributed by atoms with van der Waals surface area (Å²) < 4.78 is 14.9. The third-order valence-electron chi connectivity index (χ3n) is 5.55. The van der Waals surface area contributed by atoms with E-state index < -0.39 is 12.8 Å². The molecule has 0 radical (unpaired) electrons. The minimum absolute atomic E-state index is 0.0135. The molecule has 4 aromatic rings. The molecule has 32 heavy (non-hydrogen) atoms. The fraction of sp³-hybridized carbons (Fsp3) is 0.0690. The van der Waals surface area contributed by atoms with Crippen molar-refractivity contribution in [3.8, 4) is 0 Å². The van der Waals surface area contributed by atoms with Gasteiger partial charge < -0.3 is 4.57 Å². The summed E-state index contributed by atoms with van der Waals surface area (Å²) in [5, 5.41) is 1.52. The molecule has 0 N–H and O–H groups in total. The lowest BCUT2D eigenvalue weighted by molar-refractivity contribution is 0.0984. The molecule has 0 saturated heterocycles. The van der Waals surface area contributed by atoms with Crippen LogP contribution in [0.25, 0.3) is 6.08 Å². The molecule has 0 aliphatic heterocycles. The van der Waals surface area contributed by atoms with Crippen molar-refractivity contribution in [2.75, 3.05) is 0 Å². The van der Waals surface area contributed by atoms with Gasteiger partial charge in [-0.3, -0.25) is 4.79 Å². The van der Waals surface area contributed by atoms with Crippen molar-refractivity contribution in [3.05, 3.63) is 139 Å². The average molecular weight is 436 g/mol. The molecule has 0 aliphatic carbocycles. The maximum atomic E-state index is 14.9. The molecule has 4 rings (SSSR count). The highest BCUT2D eigenvalue weighted by Crippen LogP contribution is 2.51. The maximum Gasteiger partial charge on any atom is 0.163 e. The van der Waals surface area contributed by atoms with Crippen LogP contribution in [0.2, 0.25) is 0 Å². The van der Waals surface area contributed by atoms with Gasteiger partial charge in [0.15, 0.2) is 5.78 Å². The normalized spacial score (nSPS) is 12.5. The van der Waals surface area contributed by atoms with Gasteiger partial charge in [0.2, 0.25) is 0 Å². The standard InChI is InChI=1S/C29H25O2P/c30-29(25-15-7-2-8-16-25)23-28(22-21-24-13-5-1-6-14-24)32(31,26-17-9-3-10-18-26)27-19-11-4-12-20-27/h1-22,28H,23H2/b22-21+/t28-/m1/s1. The Morgan fingerprint density at radius 3 is 1.59 bits per heavy atom. The van der Waals surface area contributed by atoms with Gasteiger partial charge in [0, 0.05) is 28.3 Å². The minimum Gasteiger partial charge on any atom is -0.313 e. The van der Waals surface area contributed by atoms with Crippen LogP contribution in [-0.4, -0.2) is 11.4 Å². The summed E-state index contributed by atoms with van der Waals surface area (Å²) in [5.74, 6) is -0.0135. The Morgan fingerprint density at radius 2 is 1.09 bits per heavy atom. The fourth-order valence-electron chi connectivity index (χ4n) is 3.87. The van der Waals surface area contributed by atoms with E-state index in [9.17, 15) is 9.36 Å². The molecule has 158 valence electrons. The van der Waals surface area contributed by atoms with Crippen LogP contribution in [0.3, 0.4) is 0 Å². The third-order valence-corrected chi connectivity index (χ3v) is 8.97. The van der Waals surface area contributed by atoms with Gasteiger partial charge >= 0.3 is 0 Å². The molecule has 0 unspecified atom stereocenters. The smallest absolute Gasteiger partial charge is 0.163 e. The highest BCUT2D eigenvalue weighted by atomic mass is 31.2. The van der Waals surface area contributed by atoms with Crippen molar-refractivity contribution >= 4 is 29.6 Å². The van der Waals surface area contributed by atoms with Gasteiger partial charge in [-0.1, -0.05) is 133 Å². The number of ketones is 1. The van der Waals surface area contributed by atoms with Crippen LogP contribution in [0.4, 0.5) is 0 Å². The molecule has 0 spiro atoms. The number of rotatable bonds is 8. The van der Waals surface area contributed by atoms with Crippen LogP contribution < -0.4 is 10.6 Å². The van der Waals surface area contributed by atoms with E-state index in [1.807, 2.05) is 133 Å². The lowest BCUT2D eigenvalue weighted by Gasteiger charge is -2.26. The minimum atomic E-state index is -3.15. The molecule has 0 bridgehead atoms. The number of Topliss-reactive ketones (excluding diaryl/α,β-unsaturated/α-hetero) is 1. The predicted molar refractivity (Wildman–Crippen MR) is 134 cm³/mol. The predicted octanol–water partition coefficient (Wildman–Crippen LogP) is 6.36. The summed E-state index contributed by atoms with van der Waals surface area (Å²) in [6.45, 7) is 0. The van der Waals surface area contributed by atoms with Crippen molar-refractivity contribution in [1.29, 1.82) is 0 Å². The Balaban J connectivity index is 1.82. The van der Waals surface area contributed by atoms with Crippen LogP contribution in [0, 0.1) is 0 Å². The third kappa shape index (κ3) is 4.88. The Bertz CT molecular complexity index is 1170. The van der Waals surface area contributed by atoms with Gasteiger partial charge in [-0.25, -0.2) is 0 Å². The van der Waals surface area contributed by atoms with Crippen molar-refractivity contribution in [2.45, 2.75) is 12.1 Å². The van der Waals surface area contributed by atoms with Gasteiger partial charge in [-0.05, 0) is 5.56 Å². The molecule has 4 aromatic carbocycles. The number of hydrogen-bond acceptors (Lipinski definition) is 2. The van der Waals surface area contributed by atoms with E-state index in [-0.39, 0.29) is 12.2 Å². The first-order valence-electron chi connectivity index (χ1n) is 10.7. The molecule has 1 atom stereocenters. The first-order chi connectivity index (χ1) is 15.7. The second kappa shape index (κ2) is 10.2. The highest BCUT2D eigenvalue weighted by molar-refractivity contribution is 7.79. The monoisotopic (exact) mass is 436 g/mol. The molecule has 3 heteroatoms. The van der Waals surface area contributed by atoms with E-state index in [4.69, 9.17) is 0 Å². The van der Waals surface area contributed by atoms with Crippen LogP contribution in [0.15, 0.2) is 127 Å². The Hall–Kier alpha value is -3.48. The van der Waals surface area contributed by atoms with Crippen molar-refractivity contribution < 1.29 is 9.36 Å². The van der Waals surface area contributed by atoms with Gasteiger partial charge in [0.25, 0.3) is 0 Å². The lowest BCUT2D eigenvalue weighted by Crippen LogP contribution is -2.26. The van der Waals surface area contributed by atoms with Crippen molar-refractivity contribution in [3.63, 3.8) is 0 Å². The summed E-state index contributed by atoms with van der Waals surface area (Å²) in [4.78, 5) is 13.2. The summed E-state index contributed by atoms with van der Waals surface area (Å²) in [7, 11) is -3.15. The molecule has 2 nitrogen and oxygen atoms in total. The number of hydrogen-bond donors (Lipinski definition) is 0. The molecular formula is C29H25O2P. The number of carbonyl (C=O) groups is 1. The van der Waals surface area contributed by atoms with E-state index in [0.29, 0.717) is 5.56 Å². The van der Waals surface area contributed by atoms with E-state index in [1.165, 1.54) is 0 Å². The SMILES string of the molecule is O=C(C[C@@H](/C=C/c1ccccc1)P(=O)(c1ccccc1)c1ccccc1)c1ccccc1. The van der Waals surface area contributed by atoms with Crippen LogP contribution >= 0.6 is 7.14 Å². The zero-order chi connectivity index (χ0) is 22.2. The van der Waals surface area contributed by atoms with E-state index in [0.717, 1.165) is 16.2 Å². The van der Waals surface area contributed by atoms with E-state index >= 15 is 0 Å². The molecule has 0 aliphatic rings. The largest absolute Gasteiger partial charge is 0.313 e. The first kappa shape index (κ1) is 21.7. The summed E-state index contributed by atoms with van der Waals surface area (Å²) in [5.41, 5.74) is 1.18. The van der Waals surface area contributed by atoms with Crippen LogP contribution in [0.1, 0.15) is 22.3 Å². The summed E-state index contributed by atoms with van der Waals surface area (Å²) in [6, 6.07) is 38.2. The Kier molecular flexibility index (Phi) is 6.94. The molecule has 0 heterocycles. The topological polar surface area (TPSA) is 34.1 Å². The van der Waals surface area contributed by atoms with Gasteiger partial charge in [-0.2, -0.15) is 0 Å². The molecule has 0 amide bonds. The summed E-state index contributed by atoms with van der Waals surface area (Å²) in [6.07, 6.45) is 4.09. The van der Waals surface area contributed by atoms with Crippen LogP contribution in [0.5, 0.6) is 0 Å². The lowest BCUT2D eigenvalue weighted by atomic mass is 10.1. The average Bonchev–Trinajstić information content (AvgIpc) is 2.88. The number of carbonyl (C=O) groups excluding carboxylic acids is 1. The zero-order valence-corrected chi connectivity index (χ0v) is 18.6. The van der Waals surface area contributed by atoms with Crippen LogP contribution in [-0.2, 0) is 4.57 Å². The Morgan fingerprint density at radius 1 is 0.656 bits per heavy atom. The fourth-order valence-corrected chi connectivity index (χ4v) is 6.91. The molecular weight excluding hydrogens is 411 g/mol. The molecule has 0 aromatic heterocycles. The maximum absolute atomic E-state index is 14.9. The van der Waals surface area contributed by atoms with Gasteiger partial charge in [-0.15, -0.1) is 0 Å². The van der Waals surface area contributed by atoms with Gasteiger partial charge in [0.05, 0.1) is 0 Å². The second-order valence-electron chi connectivity index (χ2n) is 7.66. The number of benzene rings is 4.